The lowest BCUT2D eigenvalue weighted by Crippen LogP contribution is -2.30. The molecule has 1 atom stereocenters. The first kappa shape index (κ1) is 59.4. The molecule has 362 valence electrons. The molecule has 0 amide bonds. The molecule has 0 bridgehead atoms. The predicted molar refractivity (Wildman–Crippen MR) is 261 cm³/mol. The maximum absolute atomic E-state index is 12.8. The maximum atomic E-state index is 12.8. The SMILES string of the molecule is CCCCCCCCCCCCCCCCCCCCC(=O)O[C@@H](COC(=O)CCCCCCCCCCCCC)COC(=O)CCCCCCCCCCCCCC(C)C. The molecule has 0 aliphatic heterocycles. The molecule has 0 fully saturated rings. The fourth-order valence-electron chi connectivity index (χ4n) is 8.39. The molecular weight excluding hydrogens is 757 g/mol. The van der Waals surface area contributed by atoms with Crippen LogP contribution < -0.4 is 0 Å². The van der Waals surface area contributed by atoms with Crippen LogP contribution in [0, 0.1) is 5.92 Å². The summed E-state index contributed by atoms with van der Waals surface area (Å²) in [6.07, 6.45) is 52.3. The van der Waals surface area contributed by atoms with Crippen LogP contribution in [0.1, 0.15) is 310 Å². The Labute approximate surface area is 380 Å². The number of unbranched alkanes of at least 4 members (excludes halogenated alkanes) is 37. The third-order valence-electron chi connectivity index (χ3n) is 12.5. The van der Waals surface area contributed by atoms with Gasteiger partial charge in [0.15, 0.2) is 6.10 Å². The largest absolute Gasteiger partial charge is 0.462 e. The summed E-state index contributed by atoms with van der Waals surface area (Å²) >= 11 is 0. The molecule has 0 N–H and O–H groups in total. The van der Waals surface area contributed by atoms with Crippen molar-refractivity contribution < 1.29 is 28.6 Å². The van der Waals surface area contributed by atoms with Gasteiger partial charge in [0.2, 0.25) is 0 Å². The van der Waals surface area contributed by atoms with E-state index in [0.29, 0.717) is 19.3 Å². The average molecular weight is 863 g/mol. The van der Waals surface area contributed by atoms with Gasteiger partial charge >= 0.3 is 17.9 Å². The van der Waals surface area contributed by atoms with Crippen LogP contribution in [-0.2, 0) is 28.6 Å². The minimum Gasteiger partial charge on any atom is -0.462 e. The summed E-state index contributed by atoms with van der Waals surface area (Å²) in [5.74, 6) is -0.0143. The van der Waals surface area contributed by atoms with Gasteiger partial charge in [0.25, 0.3) is 0 Å². The molecule has 0 saturated carbocycles. The highest BCUT2D eigenvalue weighted by molar-refractivity contribution is 5.71. The molecule has 0 saturated heterocycles. The van der Waals surface area contributed by atoms with Crippen LogP contribution >= 0.6 is 0 Å². The first-order chi connectivity index (χ1) is 29.9. The zero-order valence-corrected chi connectivity index (χ0v) is 41.6. The van der Waals surface area contributed by atoms with Crippen LogP contribution in [0.3, 0.4) is 0 Å². The van der Waals surface area contributed by atoms with Crippen LogP contribution in [0.5, 0.6) is 0 Å². The Hall–Kier alpha value is -1.59. The van der Waals surface area contributed by atoms with Crippen molar-refractivity contribution >= 4 is 17.9 Å². The Morgan fingerprint density at radius 2 is 0.541 bits per heavy atom. The smallest absolute Gasteiger partial charge is 0.306 e. The van der Waals surface area contributed by atoms with E-state index in [0.717, 1.165) is 63.7 Å². The van der Waals surface area contributed by atoms with E-state index in [1.165, 1.54) is 205 Å². The van der Waals surface area contributed by atoms with E-state index in [4.69, 9.17) is 14.2 Å². The van der Waals surface area contributed by atoms with Crippen molar-refractivity contribution in [1.82, 2.24) is 0 Å². The zero-order chi connectivity index (χ0) is 44.5. The second-order valence-electron chi connectivity index (χ2n) is 19.3. The van der Waals surface area contributed by atoms with Gasteiger partial charge in [0.1, 0.15) is 13.2 Å². The highest BCUT2D eigenvalue weighted by Crippen LogP contribution is 2.17. The summed E-state index contributed by atoms with van der Waals surface area (Å²) in [7, 11) is 0. The van der Waals surface area contributed by atoms with Gasteiger partial charge in [-0.3, -0.25) is 14.4 Å². The molecule has 6 nitrogen and oxygen atoms in total. The molecule has 0 aromatic rings. The van der Waals surface area contributed by atoms with Crippen molar-refractivity contribution in [2.45, 2.75) is 316 Å². The van der Waals surface area contributed by atoms with Crippen LogP contribution in [-0.4, -0.2) is 37.2 Å². The molecule has 0 heterocycles. The topological polar surface area (TPSA) is 78.9 Å². The first-order valence-corrected chi connectivity index (χ1v) is 27.4. The second-order valence-corrected chi connectivity index (χ2v) is 19.3. The van der Waals surface area contributed by atoms with Crippen molar-refractivity contribution in [3.63, 3.8) is 0 Å². The lowest BCUT2D eigenvalue weighted by atomic mass is 10.0. The van der Waals surface area contributed by atoms with Crippen molar-refractivity contribution in [3.05, 3.63) is 0 Å². The Morgan fingerprint density at radius 3 is 0.803 bits per heavy atom. The number of carbonyl (C=O) groups is 3. The Bertz CT molecular complexity index is 918. The lowest BCUT2D eigenvalue weighted by molar-refractivity contribution is -0.167. The molecule has 0 unspecified atom stereocenters. The average Bonchev–Trinajstić information content (AvgIpc) is 3.24. The van der Waals surface area contributed by atoms with Gasteiger partial charge in [-0.25, -0.2) is 0 Å². The van der Waals surface area contributed by atoms with E-state index >= 15 is 0 Å². The number of carbonyl (C=O) groups excluding carboxylic acids is 3. The van der Waals surface area contributed by atoms with E-state index < -0.39 is 6.10 Å². The van der Waals surface area contributed by atoms with Crippen molar-refractivity contribution in [2.24, 2.45) is 5.92 Å². The molecular formula is C55H106O6. The Balaban J connectivity index is 4.27. The molecule has 61 heavy (non-hydrogen) atoms. The highest BCUT2D eigenvalue weighted by Gasteiger charge is 2.19. The van der Waals surface area contributed by atoms with Gasteiger partial charge in [0, 0.05) is 19.3 Å². The van der Waals surface area contributed by atoms with Gasteiger partial charge < -0.3 is 14.2 Å². The number of rotatable bonds is 50. The number of ether oxygens (including phenoxy) is 3. The number of esters is 3. The summed E-state index contributed by atoms with van der Waals surface area (Å²) in [6.45, 7) is 9.03. The first-order valence-electron chi connectivity index (χ1n) is 27.4. The lowest BCUT2D eigenvalue weighted by Gasteiger charge is -2.18. The summed E-state index contributed by atoms with van der Waals surface area (Å²) < 4.78 is 16.8. The summed E-state index contributed by atoms with van der Waals surface area (Å²) in [4.78, 5) is 38.0. The van der Waals surface area contributed by atoms with E-state index in [9.17, 15) is 14.4 Å². The van der Waals surface area contributed by atoms with E-state index in [2.05, 4.69) is 27.7 Å². The Morgan fingerprint density at radius 1 is 0.311 bits per heavy atom. The van der Waals surface area contributed by atoms with Crippen molar-refractivity contribution in [2.75, 3.05) is 13.2 Å². The normalized spacial score (nSPS) is 12.0. The van der Waals surface area contributed by atoms with Gasteiger partial charge in [-0.2, -0.15) is 0 Å². The summed E-state index contributed by atoms with van der Waals surface area (Å²) in [6, 6.07) is 0. The maximum Gasteiger partial charge on any atom is 0.306 e. The molecule has 6 heteroatoms. The van der Waals surface area contributed by atoms with Gasteiger partial charge in [-0.1, -0.05) is 272 Å². The van der Waals surface area contributed by atoms with Crippen molar-refractivity contribution in [1.29, 1.82) is 0 Å². The third-order valence-corrected chi connectivity index (χ3v) is 12.5. The third kappa shape index (κ3) is 49.3. The van der Waals surface area contributed by atoms with Crippen LogP contribution in [0.15, 0.2) is 0 Å². The number of hydrogen-bond acceptors (Lipinski definition) is 6. The van der Waals surface area contributed by atoms with Gasteiger partial charge in [-0.15, -0.1) is 0 Å². The molecule has 0 radical (unpaired) electrons. The Kier molecular flexibility index (Phi) is 48.1. The zero-order valence-electron chi connectivity index (χ0n) is 41.6. The van der Waals surface area contributed by atoms with Crippen LogP contribution in [0.25, 0.3) is 0 Å². The standard InChI is InChI=1S/C55H106O6/c1-5-7-9-11-13-15-17-18-19-20-21-22-23-27-32-36-40-44-48-55(58)61-52(49-59-53(56)46-42-38-34-30-25-16-14-12-10-8-6-2)50-60-54(57)47-43-39-35-31-28-24-26-29-33-37-41-45-51(3)4/h51-52H,5-50H2,1-4H3/t52-/m0/s1. The predicted octanol–water partition coefficient (Wildman–Crippen LogP) is 17.8. The van der Waals surface area contributed by atoms with Crippen LogP contribution in [0.2, 0.25) is 0 Å². The van der Waals surface area contributed by atoms with Gasteiger partial charge in [-0.05, 0) is 25.2 Å². The van der Waals surface area contributed by atoms with E-state index in [-0.39, 0.29) is 31.1 Å². The van der Waals surface area contributed by atoms with Crippen molar-refractivity contribution in [3.8, 4) is 0 Å². The minimum atomic E-state index is -0.761. The number of hydrogen-bond donors (Lipinski definition) is 0. The summed E-state index contributed by atoms with van der Waals surface area (Å²) in [5, 5.41) is 0. The fourth-order valence-corrected chi connectivity index (χ4v) is 8.39. The van der Waals surface area contributed by atoms with Gasteiger partial charge in [0.05, 0.1) is 0 Å². The minimum absolute atomic E-state index is 0.0625. The fraction of sp³-hybridized carbons (Fsp3) is 0.945. The molecule has 0 aromatic carbocycles. The monoisotopic (exact) mass is 863 g/mol. The molecule has 0 aliphatic rings. The molecule has 0 aromatic heterocycles. The van der Waals surface area contributed by atoms with E-state index in [1.807, 2.05) is 0 Å². The molecule has 0 spiro atoms. The quantitative estimate of drug-likeness (QED) is 0.0344. The van der Waals surface area contributed by atoms with E-state index in [1.54, 1.807) is 0 Å². The second kappa shape index (κ2) is 49.4. The molecule has 0 aliphatic carbocycles. The van der Waals surface area contributed by atoms with Crippen LogP contribution in [0.4, 0.5) is 0 Å². The highest BCUT2D eigenvalue weighted by atomic mass is 16.6. The molecule has 0 rings (SSSR count). The summed E-state index contributed by atoms with van der Waals surface area (Å²) in [5.41, 5.74) is 0.